The first kappa shape index (κ1) is 9.64. The van der Waals surface area contributed by atoms with E-state index >= 15 is 0 Å². The molecule has 2 N–H and O–H groups in total. The Morgan fingerprint density at radius 1 is 1.62 bits per heavy atom. The molecule has 1 aromatic rings. The highest BCUT2D eigenvalue weighted by Crippen LogP contribution is 1.98. The van der Waals surface area contributed by atoms with Crippen LogP contribution in [0.25, 0.3) is 0 Å². The van der Waals surface area contributed by atoms with E-state index in [9.17, 15) is 4.79 Å². The summed E-state index contributed by atoms with van der Waals surface area (Å²) >= 11 is 0. The molecule has 0 saturated carbocycles. The minimum Gasteiger partial charge on any atom is -0.370 e. The summed E-state index contributed by atoms with van der Waals surface area (Å²) in [4.78, 5) is 18.8. The van der Waals surface area contributed by atoms with E-state index in [-0.39, 0.29) is 5.91 Å². The first-order chi connectivity index (χ1) is 6.22. The average Bonchev–Trinajstić information content (AvgIpc) is 2.15. The zero-order valence-corrected chi connectivity index (χ0v) is 7.66. The van der Waals surface area contributed by atoms with Crippen molar-refractivity contribution < 1.29 is 4.79 Å². The number of hydrogen-bond donors (Lipinski definition) is 1. The Morgan fingerprint density at radius 2 is 2.38 bits per heavy atom. The minimum atomic E-state index is -0.314. The summed E-state index contributed by atoms with van der Waals surface area (Å²) in [5.74, 6) is 0.378. The van der Waals surface area contributed by atoms with Crippen molar-refractivity contribution in [3.05, 3.63) is 23.8 Å². The van der Waals surface area contributed by atoms with Gasteiger partial charge in [0.25, 0.3) is 0 Å². The topological polar surface area (TPSA) is 68.9 Å². The lowest BCUT2D eigenvalue weighted by atomic mass is 10.2. The summed E-state index contributed by atoms with van der Waals surface area (Å²) in [6.45, 7) is 2.03. The fourth-order valence-electron chi connectivity index (χ4n) is 0.994. The van der Waals surface area contributed by atoms with Crippen LogP contribution in [0.2, 0.25) is 0 Å². The highest BCUT2D eigenvalue weighted by Gasteiger charge is 2.00. The van der Waals surface area contributed by atoms with Crippen molar-refractivity contribution in [3.8, 4) is 0 Å². The van der Waals surface area contributed by atoms with Gasteiger partial charge >= 0.3 is 0 Å². The van der Waals surface area contributed by atoms with Gasteiger partial charge in [-0.15, -0.1) is 0 Å². The molecule has 4 nitrogen and oxygen atoms in total. The zero-order valence-electron chi connectivity index (χ0n) is 7.66. The summed E-state index contributed by atoms with van der Waals surface area (Å²) in [5.41, 5.74) is 6.01. The van der Waals surface area contributed by atoms with Gasteiger partial charge < -0.3 is 5.73 Å². The van der Waals surface area contributed by atoms with E-state index in [4.69, 9.17) is 5.73 Å². The Bertz CT molecular complexity index is 299. The van der Waals surface area contributed by atoms with E-state index in [0.29, 0.717) is 18.7 Å². The van der Waals surface area contributed by atoms with Crippen molar-refractivity contribution in [2.45, 2.75) is 26.2 Å². The molecule has 0 saturated heterocycles. The molecule has 4 heteroatoms. The third-order valence-electron chi connectivity index (χ3n) is 1.72. The number of aryl methyl sites for hydroxylation is 2. The van der Waals surface area contributed by atoms with Crippen molar-refractivity contribution in [2.75, 3.05) is 0 Å². The van der Waals surface area contributed by atoms with Crippen molar-refractivity contribution in [2.24, 2.45) is 5.73 Å². The third kappa shape index (κ3) is 3.19. The predicted molar refractivity (Wildman–Crippen MR) is 48.9 cm³/mol. The Kier molecular flexibility index (Phi) is 3.37. The van der Waals surface area contributed by atoms with Crippen LogP contribution in [0, 0.1) is 0 Å². The van der Waals surface area contributed by atoms with Gasteiger partial charge in [-0.1, -0.05) is 6.92 Å². The van der Waals surface area contributed by atoms with E-state index in [1.165, 1.54) is 0 Å². The fourth-order valence-corrected chi connectivity index (χ4v) is 0.994. The van der Waals surface area contributed by atoms with Crippen LogP contribution < -0.4 is 5.73 Å². The van der Waals surface area contributed by atoms with Crippen LogP contribution in [0.1, 0.15) is 24.9 Å². The molecule has 0 atom stereocenters. The molecule has 0 aliphatic carbocycles. The maximum Gasteiger partial charge on any atom is 0.217 e. The first-order valence-electron chi connectivity index (χ1n) is 4.31. The van der Waals surface area contributed by atoms with Gasteiger partial charge in [-0.3, -0.25) is 4.79 Å². The number of primary amides is 1. The molecule has 0 bridgehead atoms. The molecule has 0 radical (unpaired) electrons. The number of amides is 1. The maximum atomic E-state index is 10.5. The fraction of sp³-hybridized carbons (Fsp3) is 0.444. The van der Waals surface area contributed by atoms with Gasteiger partial charge in [0.05, 0.1) is 0 Å². The predicted octanol–water partition coefficient (Wildman–Crippen LogP) is 0.457. The Hall–Kier alpha value is -1.45. The molecule has 0 aromatic carbocycles. The highest BCUT2D eigenvalue weighted by molar-refractivity contribution is 5.73. The SMILES string of the molecule is CCc1ccnc(CCC(N)=O)n1. The van der Waals surface area contributed by atoms with E-state index in [1.54, 1.807) is 6.20 Å². The quantitative estimate of drug-likeness (QED) is 0.729. The molecule has 0 aliphatic rings. The number of aromatic nitrogens is 2. The molecular formula is C9H13N3O. The summed E-state index contributed by atoms with van der Waals surface area (Å²) < 4.78 is 0. The lowest BCUT2D eigenvalue weighted by Gasteiger charge is -1.99. The number of rotatable bonds is 4. The van der Waals surface area contributed by atoms with Crippen LogP contribution in [-0.4, -0.2) is 15.9 Å². The van der Waals surface area contributed by atoms with Gasteiger partial charge in [0.1, 0.15) is 5.82 Å². The molecule has 0 unspecified atom stereocenters. The van der Waals surface area contributed by atoms with Crippen LogP contribution in [0.4, 0.5) is 0 Å². The Balaban J connectivity index is 2.61. The first-order valence-corrected chi connectivity index (χ1v) is 4.31. The van der Waals surface area contributed by atoms with Gasteiger partial charge in [0, 0.05) is 24.7 Å². The van der Waals surface area contributed by atoms with E-state index in [2.05, 4.69) is 9.97 Å². The molecule has 13 heavy (non-hydrogen) atoms. The zero-order chi connectivity index (χ0) is 9.68. The molecular weight excluding hydrogens is 166 g/mol. The van der Waals surface area contributed by atoms with Crippen molar-refractivity contribution in [3.63, 3.8) is 0 Å². The van der Waals surface area contributed by atoms with E-state index in [1.807, 2.05) is 13.0 Å². The largest absolute Gasteiger partial charge is 0.370 e. The molecule has 1 rings (SSSR count). The Morgan fingerprint density at radius 3 is 3.00 bits per heavy atom. The lowest BCUT2D eigenvalue weighted by molar-refractivity contribution is -0.118. The number of nitrogens with two attached hydrogens (primary N) is 1. The second-order valence-electron chi connectivity index (χ2n) is 2.78. The summed E-state index contributed by atoms with van der Waals surface area (Å²) in [6, 6.07) is 1.87. The number of carbonyl (C=O) groups excluding carboxylic acids is 1. The van der Waals surface area contributed by atoms with Crippen LogP contribution in [0.15, 0.2) is 12.3 Å². The molecule has 0 fully saturated rings. The molecule has 1 heterocycles. The summed E-state index contributed by atoms with van der Waals surface area (Å²) in [5, 5.41) is 0. The average molecular weight is 179 g/mol. The van der Waals surface area contributed by atoms with Crippen molar-refractivity contribution in [1.82, 2.24) is 9.97 Å². The number of carbonyl (C=O) groups is 1. The van der Waals surface area contributed by atoms with E-state index in [0.717, 1.165) is 12.1 Å². The van der Waals surface area contributed by atoms with Crippen molar-refractivity contribution in [1.29, 1.82) is 0 Å². The maximum absolute atomic E-state index is 10.5. The van der Waals surface area contributed by atoms with Gasteiger partial charge in [-0.25, -0.2) is 9.97 Å². The van der Waals surface area contributed by atoms with Crippen LogP contribution >= 0.6 is 0 Å². The Labute approximate surface area is 77.2 Å². The molecule has 0 aliphatic heterocycles. The monoisotopic (exact) mass is 179 g/mol. The highest BCUT2D eigenvalue weighted by atomic mass is 16.1. The number of nitrogens with zero attached hydrogens (tertiary/aromatic N) is 2. The second-order valence-corrected chi connectivity index (χ2v) is 2.78. The molecule has 70 valence electrons. The van der Waals surface area contributed by atoms with Crippen LogP contribution in [-0.2, 0) is 17.6 Å². The van der Waals surface area contributed by atoms with Gasteiger partial charge in [-0.2, -0.15) is 0 Å². The standard InChI is InChI=1S/C9H13N3O/c1-2-7-5-6-11-9(12-7)4-3-8(10)13/h5-6H,2-4H2,1H3,(H2,10,13). The van der Waals surface area contributed by atoms with E-state index < -0.39 is 0 Å². The van der Waals surface area contributed by atoms with Gasteiger partial charge in [-0.05, 0) is 12.5 Å². The van der Waals surface area contributed by atoms with Crippen molar-refractivity contribution >= 4 is 5.91 Å². The van der Waals surface area contributed by atoms with Gasteiger partial charge in [0.2, 0.25) is 5.91 Å². The molecule has 1 amide bonds. The lowest BCUT2D eigenvalue weighted by Crippen LogP contribution is -2.12. The molecule has 1 aromatic heterocycles. The third-order valence-corrected chi connectivity index (χ3v) is 1.72. The minimum absolute atomic E-state index is 0.313. The smallest absolute Gasteiger partial charge is 0.217 e. The summed E-state index contributed by atoms with van der Waals surface area (Å²) in [6.07, 6.45) is 3.44. The van der Waals surface area contributed by atoms with Crippen LogP contribution in [0.5, 0.6) is 0 Å². The van der Waals surface area contributed by atoms with Gasteiger partial charge in [0.15, 0.2) is 0 Å². The second kappa shape index (κ2) is 4.54. The molecule has 0 spiro atoms. The summed E-state index contributed by atoms with van der Waals surface area (Å²) in [7, 11) is 0. The normalized spacial score (nSPS) is 9.92. The number of hydrogen-bond acceptors (Lipinski definition) is 3. The van der Waals surface area contributed by atoms with Crippen LogP contribution in [0.3, 0.4) is 0 Å².